The van der Waals surface area contributed by atoms with Gasteiger partial charge in [-0.3, -0.25) is 0 Å². The SMILES string of the molecule is CNCC1(c2cc(C)cc(Cl)c2)CC1. The maximum Gasteiger partial charge on any atom is 0.0411 e. The highest BCUT2D eigenvalue weighted by molar-refractivity contribution is 6.30. The van der Waals surface area contributed by atoms with E-state index in [-0.39, 0.29) is 0 Å². The highest BCUT2D eigenvalue weighted by Crippen LogP contribution is 2.48. The molecule has 2 heteroatoms. The molecule has 2 rings (SSSR count). The average Bonchev–Trinajstić information content (AvgIpc) is 2.84. The number of aryl methyl sites for hydroxylation is 1. The van der Waals surface area contributed by atoms with Crippen LogP contribution in [-0.2, 0) is 5.41 Å². The Labute approximate surface area is 90.5 Å². The van der Waals surface area contributed by atoms with Gasteiger partial charge < -0.3 is 5.32 Å². The molecule has 1 saturated carbocycles. The Morgan fingerprint density at radius 3 is 2.57 bits per heavy atom. The number of benzene rings is 1. The Morgan fingerprint density at radius 1 is 1.36 bits per heavy atom. The van der Waals surface area contributed by atoms with Gasteiger partial charge in [-0.25, -0.2) is 0 Å². The minimum Gasteiger partial charge on any atom is -0.319 e. The Bertz CT molecular complexity index is 322. The van der Waals surface area contributed by atoms with E-state index in [2.05, 4.69) is 24.4 Å². The van der Waals surface area contributed by atoms with Crippen LogP contribution >= 0.6 is 11.6 Å². The highest BCUT2D eigenvalue weighted by atomic mass is 35.5. The first-order valence-corrected chi connectivity index (χ1v) is 5.46. The second kappa shape index (κ2) is 3.56. The van der Waals surface area contributed by atoms with Gasteiger partial charge >= 0.3 is 0 Å². The molecule has 1 aliphatic rings. The van der Waals surface area contributed by atoms with E-state index < -0.39 is 0 Å². The lowest BCUT2D eigenvalue weighted by Gasteiger charge is -2.16. The monoisotopic (exact) mass is 209 g/mol. The summed E-state index contributed by atoms with van der Waals surface area (Å²) >= 11 is 6.06. The predicted molar refractivity (Wildman–Crippen MR) is 61.0 cm³/mol. The molecule has 0 spiro atoms. The Kier molecular flexibility index (Phi) is 2.54. The van der Waals surface area contributed by atoms with Crippen molar-refractivity contribution in [2.75, 3.05) is 13.6 Å². The quantitative estimate of drug-likeness (QED) is 0.808. The number of hydrogen-bond acceptors (Lipinski definition) is 1. The molecule has 1 aromatic rings. The van der Waals surface area contributed by atoms with Gasteiger partial charge in [-0.2, -0.15) is 0 Å². The summed E-state index contributed by atoms with van der Waals surface area (Å²) in [5.41, 5.74) is 3.04. The molecular weight excluding hydrogens is 194 g/mol. The number of rotatable bonds is 3. The van der Waals surface area contributed by atoms with Crippen molar-refractivity contribution in [3.05, 3.63) is 34.3 Å². The fourth-order valence-electron chi connectivity index (χ4n) is 2.10. The normalized spacial score (nSPS) is 18.2. The first-order chi connectivity index (χ1) is 6.66. The van der Waals surface area contributed by atoms with Crippen LogP contribution in [0, 0.1) is 6.92 Å². The van der Waals surface area contributed by atoms with Crippen LogP contribution in [0.5, 0.6) is 0 Å². The third-order valence-corrected chi connectivity index (χ3v) is 3.24. The van der Waals surface area contributed by atoms with Gasteiger partial charge in [-0.1, -0.05) is 17.7 Å². The summed E-state index contributed by atoms with van der Waals surface area (Å²) in [4.78, 5) is 0. The van der Waals surface area contributed by atoms with Gasteiger partial charge in [0, 0.05) is 17.0 Å². The van der Waals surface area contributed by atoms with Crippen LogP contribution in [0.15, 0.2) is 18.2 Å². The van der Waals surface area contributed by atoms with E-state index in [0.717, 1.165) is 11.6 Å². The molecule has 0 atom stereocenters. The molecule has 1 aliphatic carbocycles. The first-order valence-electron chi connectivity index (χ1n) is 5.09. The van der Waals surface area contributed by atoms with Crippen LogP contribution in [0.4, 0.5) is 0 Å². The van der Waals surface area contributed by atoms with Crippen LogP contribution in [-0.4, -0.2) is 13.6 Å². The zero-order chi connectivity index (χ0) is 10.2. The molecule has 0 heterocycles. The van der Waals surface area contributed by atoms with Gasteiger partial charge in [0.2, 0.25) is 0 Å². The lowest BCUT2D eigenvalue weighted by atomic mass is 9.94. The molecule has 0 unspecified atom stereocenters. The molecule has 14 heavy (non-hydrogen) atoms. The summed E-state index contributed by atoms with van der Waals surface area (Å²) in [5.74, 6) is 0. The fourth-order valence-corrected chi connectivity index (χ4v) is 2.39. The lowest BCUT2D eigenvalue weighted by molar-refractivity contribution is 0.624. The third-order valence-electron chi connectivity index (χ3n) is 3.02. The van der Waals surface area contributed by atoms with Gasteiger partial charge in [-0.15, -0.1) is 0 Å². The zero-order valence-corrected chi connectivity index (χ0v) is 9.49. The lowest BCUT2D eigenvalue weighted by Crippen LogP contribution is -2.23. The second-order valence-electron chi connectivity index (χ2n) is 4.33. The molecule has 1 N–H and O–H groups in total. The van der Waals surface area contributed by atoms with Crippen LogP contribution in [0.3, 0.4) is 0 Å². The highest BCUT2D eigenvalue weighted by Gasteiger charge is 2.43. The smallest absolute Gasteiger partial charge is 0.0411 e. The topological polar surface area (TPSA) is 12.0 Å². The van der Waals surface area contributed by atoms with E-state index in [1.165, 1.54) is 24.0 Å². The average molecular weight is 210 g/mol. The first kappa shape index (κ1) is 10.0. The molecule has 0 saturated heterocycles. The van der Waals surface area contributed by atoms with Gasteiger partial charge in [0.1, 0.15) is 0 Å². The summed E-state index contributed by atoms with van der Waals surface area (Å²) in [6, 6.07) is 6.38. The van der Waals surface area contributed by atoms with Crippen LogP contribution in [0.25, 0.3) is 0 Å². The van der Waals surface area contributed by atoms with Crippen LogP contribution in [0.2, 0.25) is 5.02 Å². The van der Waals surface area contributed by atoms with Crippen molar-refractivity contribution < 1.29 is 0 Å². The number of halogens is 1. The minimum atomic E-state index is 0.379. The number of likely N-dealkylation sites (N-methyl/N-ethyl adjacent to an activating group) is 1. The van der Waals surface area contributed by atoms with E-state index >= 15 is 0 Å². The maximum absolute atomic E-state index is 6.06. The summed E-state index contributed by atoms with van der Waals surface area (Å²) in [7, 11) is 2.01. The zero-order valence-electron chi connectivity index (χ0n) is 8.73. The van der Waals surface area contributed by atoms with Crippen molar-refractivity contribution in [2.24, 2.45) is 0 Å². The van der Waals surface area contributed by atoms with Crippen molar-refractivity contribution in [2.45, 2.75) is 25.2 Å². The summed E-state index contributed by atoms with van der Waals surface area (Å²) in [6.07, 6.45) is 2.57. The molecule has 1 aromatic carbocycles. The molecule has 0 aliphatic heterocycles. The summed E-state index contributed by atoms with van der Waals surface area (Å²) < 4.78 is 0. The molecule has 0 amide bonds. The van der Waals surface area contributed by atoms with Crippen molar-refractivity contribution >= 4 is 11.6 Å². The van der Waals surface area contributed by atoms with Gasteiger partial charge in [0.05, 0.1) is 0 Å². The maximum atomic E-state index is 6.06. The van der Waals surface area contributed by atoms with E-state index in [0.29, 0.717) is 5.41 Å². The third kappa shape index (κ3) is 1.79. The second-order valence-corrected chi connectivity index (χ2v) is 4.76. The van der Waals surface area contributed by atoms with Gasteiger partial charge in [0.15, 0.2) is 0 Å². The number of hydrogen-bond donors (Lipinski definition) is 1. The van der Waals surface area contributed by atoms with Crippen LogP contribution < -0.4 is 5.32 Å². The van der Waals surface area contributed by atoms with E-state index in [4.69, 9.17) is 11.6 Å². The molecule has 0 bridgehead atoms. The molecule has 76 valence electrons. The Hall–Kier alpha value is -0.530. The molecule has 0 radical (unpaired) electrons. The van der Waals surface area contributed by atoms with Crippen molar-refractivity contribution in [3.8, 4) is 0 Å². The molecule has 1 fully saturated rings. The van der Waals surface area contributed by atoms with E-state index in [1.807, 2.05) is 13.1 Å². The molecule has 1 nitrogen and oxygen atoms in total. The predicted octanol–water partition coefficient (Wildman–Crippen LogP) is 2.90. The molecule has 0 aromatic heterocycles. The summed E-state index contributed by atoms with van der Waals surface area (Å²) in [6.45, 7) is 3.16. The van der Waals surface area contributed by atoms with Crippen molar-refractivity contribution in [3.63, 3.8) is 0 Å². The Balaban J connectivity index is 2.32. The summed E-state index contributed by atoms with van der Waals surface area (Å²) in [5, 5.41) is 4.13. The van der Waals surface area contributed by atoms with Gasteiger partial charge in [-0.05, 0) is 50.1 Å². The van der Waals surface area contributed by atoms with E-state index in [1.54, 1.807) is 0 Å². The minimum absolute atomic E-state index is 0.379. The van der Waals surface area contributed by atoms with Gasteiger partial charge in [0.25, 0.3) is 0 Å². The largest absolute Gasteiger partial charge is 0.319 e. The fraction of sp³-hybridized carbons (Fsp3) is 0.500. The number of nitrogens with one attached hydrogen (secondary N) is 1. The van der Waals surface area contributed by atoms with E-state index in [9.17, 15) is 0 Å². The Morgan fingerprint density at radius 2 is 2.07 bits per heavy atom. The standard InChI is InChI=1S/C12H16ClN/c1-9-5-10(7-11(13)6-9)12(3-4-12)8-14-2/h5-7,14H,3-4,8H2,1-2H3. The van der Waals surface area contributed by atoms with Crippen molar-refractivity contribution in [1.29, 1.82) is 0 Å². The van der Waals surface area contributed by atoms with Crippen molar-refractivity contribution in [1.82, 2.24) is 5.32 Å². The molecular formula is C12H16ClN. The van der Waals surface area contributed by atoms with Crippen LogP contribution in [0.1, 0.15) is 24.0 Å².